The number of aromatic nitrogens is 3. The molecule has 0 amide bonds. The van der Waals surface area contributed by atoms with Crippen molar-refractivity contribution in [1.82, 2.24) is 15.0 Å². The van der Waals surface area contributed by atoms with Gasteiger partial charge in [-0.05, 0) is 24.1 Å². The van der Waals surface area contributed by atoms with Gasteiger partial charge in [-0.3, -0.25) is 0 Å². The molecule has 0 saturated carbocycles. The molecule has 0 aromatic carbocycles. The lowest BCUT2D eigenvalue weighted by Gasteiger charge is -2.32. The Kier molecular flexibility index (Phi) is 5.06. The maximum atomic E-state index is 12.8. The summed E-state index contributed by atoms with van der Waals surface area (Å²) in [6.45, 7) is 3.18. The SMILES string of the molecule is CCc1cnc(OC2CCN(c3cccc(C(F)(F)F)n3)CC2)nc1. The van der Waals surface area contributed by atoms with Gasteiger partial charge in [0.1, 0.15) is 17.6 Å². The van der Waals surface area contributed by atoms with Gasteiger partial charge in [0.05, 0.1) is 0 Å². The molecule has 2 aromatic rings. The first-order valence-corrected chi connectivity index (χ1v) is 8.22. The van der Waals surface area contributed by atoms with Crippen molar-refractivity contribution in [2.75, 3.05) is 18.0 Å². The topological polar surface area (TPSA) is 51.1 Å². The van der Waals surface area contributed by atoms with Crippen LogP contribution in [0.25, 0.3) is 0 Å². The summed E-state index contributed by atoms with van der Waals surface area (Å²) in [5.41, 5.74) is 0.172. The number of ether oxygens (including phenoxy) is 1. The second kappa shape index (κ2) is 7.25. The first-order valence-electron chi connectivity index (χ1n) is 8.22. The molecule has 1 fully saturated rings. The van der Waals surface area contributed by atoms with E-state index in [1.54, 1.807) is 18.5 Å². The molecule has 1 aliphatic heterocycles. The van der Waals surface area contributed by atoms with E-state index < -0.39 is 11.9 Å². The van der Waals surface area contributed by atoms with Gasteiger partial charge in [0.25, 0.3) is 0 Å². The standard InChI is InChI=1S/C17H19F3N4O/c1-2-12-10-21-16(22-11-12)25-13-6-8-24(9-7-13)15-5-3-4-14(23-15)17(18,19)20/h3-5,10-11,13H,2,6-9H2,1H3. The van der Waals surface area contributed by atoms with Crippen LogP contribution in [0.15, 0.2) is 30.6 Å². The normalized spacial score (nSPS) is 16.1. The molecule has 8 heteroatoms. The Bertz CT molecular complexity index is 698. The minimum atomic E-state index is -4.43. The van der Waals surface area contributed by atoms with Gasteiger partial charge in [0.15, 0.2) is 0 Å². The number of rotatable bonds is 4. The van der Waals surface area contributed by atoms with Gasteiger partial charge < -0.3 is 9.64 Å². The van der Waals surface area contributed by atoms with Gasteiger partial charge in [-0.15, -0.1) is 0 Å². The van der Waals surface area contributed by atoms with Crippen LogP contribution < -0.4 is 9.64 Å². The molecule has 0 spiro atoms. The van der Waals surface area contributed by atoms with Crippen LogP contribution in [0.4, 0.5) is 19.0 Å². The molecule has 2 aromatic heterocycles. The smallest absolute Gasteiger partial charge is 0.433 e. The van der Waals surface area contributed by atoms with Crippen molar-refractivity contribution in [2.24, 2.45) is 0 Å². The predicted octanol–water partition coefficient (Wildman–Crippen LogP) is 3.50. The molecule has 3 heterocycles. The number of nitrogens with zero attached hydrogens (tertiary/aromatic N) is 4. The fourth-order valence-corrected chi connectivity index (χ4v) is 2.70. The molecule has 134 valence electrons. The van der Waals surface area contributed by atoms with Crippen LogP contribution >= 0.6 is 0 Å². The number of hydrogen-bond acceptors (Lipinski definition) is 5. The van der Waals surface area contributed by atoms with Crippen molar-refractivity contribution in [3.8, 4) is 6.01 Å². The van der Waals surface area contributed by atoms with Crippen molar-refractivity contribution < 1.29 is 17.9 Å². The number of halogens is 3. The minimum absolute atomic E-state index is 0.0467. The van der Waals surface area contributed by atoms with Gasteiger partial charge in [-0.1, -0.05) is 13.0 Å². The van der Waals surface area contributed by atoms with Crippen molar-refractivity contribution in [1.29, 1.82) is 0 Å². The van der Waals surface area contributed by atoms with Crippen molar-refractivity contribution >= 4 is 5.82 Å². The summed E-state index contributed by atoms with van der Waals surface area (Å²) in [7, 11) is 0. The number of alkyl halides is 3. The summed E-state index contributed by atoms with van der Waals surface area (Å²) in [6, 6.07) is 4.31. The van der Waals surface area contributed by atoms with Gasteiger partial charge in [-0.25, -0.2) is 15.0 Å². The Morgan fingerprint density at radius 2 is 1.84 bits per heavy atom. The second-order valence-electron chi connectivity index (χ2n) is 5.91. The number of aryl methyl sites for hydroxylation is 1. The first kappa shape index (κ1) is 17.4. The van der Waals surface area contributed by atoms with Crippen LogP contribution in [-0.2, 0) is 12.6 Å². The number of piperidine rings is 1. The van der Waals surface area contributed by atoms with Crippen LogP contribution in [-0.4, -0.2) is 34.1 Å². The second-order valence-corrected chi connectivity index (χ2v) is 5.91. The summed E-state index contributed by atoms with van der Waals surface area (Å²) in [5.74, 6) is 0.344. The zero-order chi connectivity index (χ0) is 17.9. The van der Waals surface area contributed by atoms with E-state index in [4.69, 9.17) is 4.74 Å². The lowest BCUT2D eigenvalue weighted by molar-refractivity contribution is -0.141. The maximum Gasteiger partial charge on any atom is 0.433 e. The van der Waals surface area contributed by atoms with E-state index >= 15 is 0 Å². The lowest BCUT2D eigenvalue weighted by Crippen LogP contribution is -2.39. The fraction of sp³-hybridized carbons (Fsp3) is 0.471. The first-order chi connectivity index (χ1) is 12.0. The average Bonchev–Trinajstić information content (AvgIpc) is 2.62. The molecule has 3 rings (SSSR count). The van der Waals surface area contributed by atoms with Crippen LogP contribution in [0, 0.1) is 0 Å². The van der Waals surface area contributed by atoms with Crippen LogP contribution in [0.5, 0.6) is 6.01 Å². The van der Waals surface area contributed by atoms with E-state index in [0.717, 1.165) is 18.1 Å². The molecular weight excluding hydrogens is 333 g/mol. The van der Waals surface area contributed by atoms with Gasteiger partial charge >= 0.3 is 12.2 Å². The highest BCUT2D eigenvalue weighted by molar-refractivity contribution is 5.40. The zero-order valence-corrected chi connectivity index (χ0v) is 13.8. The van der Waals surface area contributed by atoms with Crippen LogP contribution in [0.3, 0.4) is 0 Å². The maximum absolute atomic E-state index is 12.8. The van der Waals surface area contributed by atoms with Crippen LogP contribution in [0.2, 0.25) is 0 Å². The van der Waals surface area contributed by atoms with E-state index in [0.29, 0.717) is 37.8 Å². The Morgan fingerprint density at radius 1 is 1.16 bits per heavy atom. The molecule has 5 nitrogen and oxygen atoms in total. The summed E-state index contributed by atoms with van der Waals surface area (Å²) in [6.07, 6.45) is 1.22. The number of pyridine rings is 1. The highest BCUT2D eigenvalue weighted by atomic mass is 19.4. The third kappa shape index (κ3) is 4.37. The Balaban J connectivity index is 1.58. The van der Waals surface area contributed by atoms with E-state index in [-0.39, 0.29) is 6.10 Å². The highest BCUT2D eigenvalue weighted by Crippen LogP contribution is 2.29. The van der Waals surface area contributed by atoms with E-state index in [2.05, 4.69) is 15.0 Å². The van der Waals surface area contributed by atoms with E-state index in [1.807, 2.05) is 11.8 Å². The van der Waals surface area contributed by atoms with Crippen molar-refractivity contribution in [3.05, 3.63) is 41.9 Å². The summed E-state index contributed by atoms with van der Waals surface area (Å²) >= 11 is 0. The highest BCUT2D eigenvalue weighted by Gasteiger charge is 2.33. The summed E-state index contributed by atoms with van der Waals surface area (Å²) in [4.78, 5) is 13.9. The van der Waals surface area contributed by atoms with Crippen molar-refractivity contribution in [3.63, 3.8) is 0 Å². The fourth-order valence-electron chi connectivity index (χ4n) is 2.70. The van der Waals surface area contributed by atoms with Crippen LogP contribution in [0.1, 0.15) is 31.0 Å². The lowest BCUT2D eigenvalue weighted by atomic mass is 10.1. The molecule has 0 atom stereocenters. The largest absolute Gasteiger partial charge is 0.460 e. The summed E-state index contributed by atoms with van der Waals surface area (Å²) < 4.78 is 44.1. The third-order valence-electron chi connectivity index (χ3n) is 4.15. The predicted molar refractivity (Wildman–Crippen MR) is 86.5 cm³/mol. The van der Waals surface area contributed by atoms with Gasteiger partial charge in [0, 0.05) is 38.3 Å². The molecule has 0 aliphatic carbocycles. The molecule has 0 bridgehead atoms. The average molecular weight is 352 g/mol. The Hall–Kier alpha value is -2.38. The minimum Gasteiger partial charge on any atom is -0.460 e. The quantitative estimate of drug-likeness (QED) is 0.843. The zero-order valence-electron chi connectivity index (χ0n) is 13.8. The van der Waals surface area contributed by atoms with Crippen molar-refractivity contribution in [2.45, 2.75) is 38.5 Å². The Labute approximate surface area is 143 Å². The van der Waals surface area contributed by atoms with Gasteiger partial charge in [-0.2, -0.15) is 13.2 Å². The summed E-state index contributed by atoms with van der Waals surface area (Å²) in [5, 5.41) is 0. The van der Waals surface area contributed by atoms with E-state index in [1.165, 1.54) is 6.07 Å². The number of hydrogen-bond donors (Lipinski definition) is 0. The molecular formula is C17H19F3N4O. The van der Waals surface area contributed by atoms with Gasteiger partial charge in [0.2, 0.25) is 0 Å². The van der Waals surface area contributed by atoms with E-state index in [9.17, 15) is 13.2 Å². The molecule has 0 unspecified atom stereocenters. The molecule has 0 radical (unpaired) electrons. The molecule has 0 N–H and O–H groups in total. The molecule has 25 heavy (non-hydrogen) atoms. The molecule has 1 saturated heterocycles. The Morgan fingerprint density at radius 3 is 2.44 bits per heavy atom. The monoisotopic (exact) mass is 352 g/mol. The third-order valence-corrected chi connectivity index (χ3v) is 4.15. The molecule has 1 aliphatic rings. The number of anilines is 1.